The molecule has 0 fully saturated rings. The zero-order valence-electron chi connectivity index (χ0n) is 5.85. The highest BCUT2D eigenvalue weighted by molar-refractivity contribution is 7.11. The van der Waals surface area contributed by atoms with E-state index in [0.29, 0.717) is 5.82 Å². The van der Waals surface area contributed by atoms with Crippen molar-refractivity contribution >= 4 is 29.3 Å². The van der Waals surface area contributed by atoms with Gasteiger partial charge in [-0.2, -0.15) is 4.98 Å². The minimum absolute atomic E-state index is 0.241. The van der Waals surface area contributed by atoms with Gasteiger partial charge in [0.25, 0.3) is 5.91 Å². The molecule has 1 amide bonds. The predicted octanol–water partition coefficient (Wildman–Crippen LogP) is -0.101. The molecule has 0 bridgehead atoms. The molecule has 1 aromatic rings. The van der Waals surface area contributed by atoms with Gasteiger partial charge in [-0.25, -0.2) is 0 Å². The Kier molecular flexibility index (Phi) is 2.59. The lowest BCUT2D eigenvalue weighted by Crippen LogP contribution is -1.99. The second-order valence-corrected chi connectivity index (χ2v) is 2.55. The summed E-state index contributed by atoms with van der Waals surface area (Å²) < 4.78 is 0. The van der Waals surface area contributed by atoms with E-state index in [1.165, 1.54) is 0 Å². The van der Waals surface area contributed by atoms with Crippen LogP contribution < -0.4 is 16.3 Å². The summed E-state index contributed by atoms with van der Waals surface area (Å²) in [5.41, 5.74) is 11.7. The van der Waals surface area contributed by atoms with E-state index in [4.69, 9.17) is 11.5 Å². The van der Waals surface area contributed by atoms with E-state index in [9.17, 15) is 4.79 Å². The molecule has 0 aliphatic carbocycles. The van der Waals surface area contributed by atoms with E-state index in [-0.39, 0.29) is 5.19 Å². The first-order valence-corrected chi connectivity index (χ1v) is 3.73. The molecule has 0 saturated heterocycles. The van der Waals surface area contributed by atoms with Gasteiger partial charge in [0.15, 0.2) is 0 Å². The molecule has 1 heterocycles. The maximum absolute atomic E-state index is 10.0. The normalized spacial score (nSPS) is 10.3. The molecule has 0 saturated carbocycles. The van der Waals surface area contributed by atoms with Gasteiger partial charge in [-0.3, -0.25) is 10.5 Å². The second-order valence-electron chi connectivity index (χ2n) is 1.73. The van der Waals surface area contributed by atoms with Crippen molar-refractivity contribution in [2.75, 3.05) is 5.73 Å². The fourth-order valence-corrected chi connectivity index (χ4v) is 0.949. The Labute approximate surface area is 71.8 Å². The number of nitrogens with one attached hydrogen (secondary N) is 1. The largest absolute Gasteiger partial charge is 0.383 e. The highest BCUT2D eigenvalue weighted by Gasteiger charge is 1.97. The highest BCUT2D eigenvalue weighted by Crippen LogP contribution is 2.18. The average molecular weight is 185 g/mol. The van der Waals surface area contributed by atoms with Gasteiger partial charge in [0.05, 0.1) is 0 Å². The van der Waals surface area contributed by atoms with Crippen molar-refractivity contribution in [1.29, 1.82) is 0 Å². The van der Waals surface area contributed by atoms with Crippen molar-refractivity contribution in [3.63, 3.8) is 0 Å². The van der Waals surface area contributed by atoms with Crippen molar-refractivity contribution in [1.82, 2.24) is 10.7 Å². The molecule has 12 heavy (non-hydrogen) atoms. The Morgan fingerprint density at radius 3 is 3.17 bits per heavy atom. The lowest BCUT2D eigenvalue weighted by molar-refractivity contribution is -0.112. The minimum Gasteiger partial charge on any atom is -0.383 e. The first kappa shape index (κ1) is 8.47. The summed E-state index contributed by atoms with van der Waals surface area (Å²) in [4.78, 5) is 18.3. The van der Waals surface area contributed by atoms with Crippen LogP contribution >= 0.6 is 11.3 Å². The summed E-state index contributed by atoms with van der Waals surface area (Å²) in [7, 11) is 0. The number of rotatable bonds is 3. The molecule has 0 atom stereocenters. The van der Waals surface area contributed by atoms with Crippen LogP contribution in [-0.2, 0) is 4.79 Å². The molecule has 0 unspecified atom stereocenters. The fraction of sp³-hybridized carbons (Fsp3) is 0. The van der Waals surface area contributed by atoms with Gasteiger partial charge in [-0.15, -0.1) is 0 Å². The molecule has 1 radical (unpaired) electrons. The van der Waals surface area contributed by atoms with Gasteiger partial charge in [-0.05, 0) is 0 Å². The van der Waals surface area contributed by atoms with Crippen LogP contribution in [0.2, 0.25) is 0 Å². The van der Waals surface area contributed by atoms with E-state index in [0.717, 1.165) is 17.6 Å². The molecule has 0 aliphatic rings. The number of carbonyl (C=O) groups excluding carboxylic acids is 1. The van der Waals surface area contributed by atoms with Crippen molar-refractivity contribution in [3.05, 3.63) is 5.38 Å². The maximum atomic E-state index is 10.0. The molecular weight excluding hydrogens is 180 g/mol. The van der Waals surface area contributed by atoms with Gasteiger partial charge in [-0.1, -0.05) is 16.5 Å². The zero-order chi connectivity index (χ0) is 8.97. The van der Waals surface area contributed by atoms with Crippen molar-refractivity contribution < 1.29 is 9.63 Å². The Morgan fingerprint density at radius 2 is 2.67 bits per heavy atom. The minimum atomic E-state index is -0.931. The molecule has 7 heteroatoms. The van der Waals surface area contributed by atoms with E-state index < -0.39 is 5.91 Å². The number of oxime groups is 1. The number of hydrogen-bond acceptors (Lipinski definition) is 6. The third-order valence-electron chi connectivity index (χ3n) is 0.802. The SMILES string of the molecule is [NH]C(=O)/C=N\Oc1nc(N)cs1. The monoisotopic (exact) mass is 185 g/mol. The molecule has 0 aliphatic heterocycles. The van der Waals surface area contributed by atoms with E-state index in [2.05, 4.69) is 15.0 Å². The van der Waals surface area contributed by atoms with E-state index in [1.807, 2.05) is 0 Å². The number of nitrogen functional groups attached to an aromatic ring is 1. The molecule has 1 rings (SSSR count). The summed E-state index contributed by atoms with van der Waals surface area (Å²) in [6, 6.07) is 0. The molecule has 6 nitrogen and oxygen atoms in total. The predicted molar refractivity (Wildman–Crippen MR) is 43.8 cm³/mol. The van der Waals surface area contributed by atoms with Gasteiger partial charge in [0.2, 0.25) is 0 Å². The maximum Gasteiger partial charge on any atom is 0.307 e. The molecular formula is C5H5N4O2S. The summed E-state index contributed by atoms with van der Waals surface area (Å²) in [5, 5.41) is 5.00. The number of thiazole rings is 1. The second kappa shape index (κ2) is 3.67. The quantitative estimate of drug-likeness (QED) is 0.524. The summed E-state index contributed by atoms with van der Waals surface area (Å²) in [6.45, 7) is 0. The average Bonchev–Trinajstić information content (AvgIpc) is 2.35. The summed E-state index contributed by atoms with van der Waals surface area (Å²) in [6.07, 6.45) is 0.734. The van der Waals surface area contributed by atoms with Crippen molar-refractivity contribution in [3.8, 4) is 5.19 Å². The summed E-state index contributed by atoms with van der Waals surface area (Å²) >= 11 is 1.16. The Morgan fingerprint density at radius 1 is 1.92 bits per heavy atom. The molecule has 0 aromatic carbocycles. The van der Waals surface area contributed by atoms with Crippen LogP contribution in [0.3, 0.4) is 0 Å². The third kappa shape index (κ3) is 2.54. The van der Waals surface area contributed by atoms with Crippen LogP contribution in [0.5, 0.6) is 5.19 Å². The number of hydrogen-bond donors (Lipinski definition) is 1. The highest BCUT2D eigenvalue weighted by atomic mass is 32.1. The Balaban J connectivity index is 2.48. The number of carbonyl (C=O) groups is 1. The van der Waals surface area contributed by atoms with E-state index >= 15 is 0 Å². The number of anilines is 1. The van der Waals surface area contributed by atoms with Crippen LogP contribution in [0.25, 0.3) is 0 Å². The molecule has 3 N–H and O–H groups in total. The van der Waals surface area contributed by atoms with Crippen molar-refractivity contribution in [2.45, 2.75) is 0 Å². The fourth-order valence-electron chi connectivity index (χ4n) is 0.430. The topological polar surface area (TPSA) is 101 Å². The first-order valence-electron chi connectivity index (χ1n) is 2.85. The first-order chi connectivity index (χ1) is 5.68. The van der Waals surface area contributed by atoms with Crippen molar-refractivity contribution in [2.24, 2.45) is 5.16 Å². The molecule has 0 spiro atoms. The zero-order valence-corrected chi connectivity index (χ0v) is 6.67. The smallest absolute Gasteiger partial charge is 0.307 e. The summed E-state index contributed by atoms with van der Waals surface area (Å²) in [5.74, 6) is -0.595. The van der Waals surface area contributed by atoms with Gasteiger partial charge in [0, 0.05) is 5.38 Å². The number of nitrogens with two attached hydrogens (primary N) is 1. The van der Waals surface area contributed by atoms with Crippen LogP contribution in [0.15, 0.2) is 10.5 Å². The van der Waals surface area contributed by atoms with Gasteiger partial charge in [0.1, 0.15) is 12.0 Å². The van der Waals surface area contributed by atoms with Crippen LogP contribution in [-0.4, -0.2) is 17.1 Å². The number of aromatic nitrogens is 1. The molecule has 63 valence electrons. The molecule has 1 aromatic heterocycles. The standard InChI is InChI=1S/C5H5N4O2S/c6-3-2-12-5(9-3)11-8-1-4(7)10/h1-2,7H,6H2/b8-1-. The Bertz CT molecular complexity index is 308. The van der Waals surface area contributed by atoms with Crippen LogP contribution in [0.1, 0.15) is 0 Å². The van der Waals surface area contributed by atoms with Crippen LogP contribution in [0, 0.1) is 0 Å². The number of amides is 1. The van der Waals surface area contributed by atoms with E-state index in [1.54, 1.807) is 5.38 Å². The van der Waals surface area contributed by atoms with Gasteiger partial charge < -0.3 is 10.6 Å². The lowest BCUT2D eigenvalue weighted by atomic mass is 10.7. The third-order valence-corrected chi connectivity index (χ3v) is 1.53. The Hall–Kier alpha value is -1.63. The number of nitrogens with zero attached hydrogens (tertiary/aromatic N) is 2. The van der Waals surface area contributed by atoms with Crippen LogP contribution in [0.4, 0.5) is 5.82 Å². The van der Waals surface area contributed by atoms with Gasteiger partial charge >= 0.3 is 5.19 Å². The lowest BCUT2D eigenvalue weighted by Gasteiger charge is -1.87.